The van der Waals surface area contributed by atoms with Gasteiger partial charge in [-0.15, -0.1) is 24.0 Å². The second-order valence-electron chi connectivity index (χ2n) is 5.75. The molecule has 148 valence electrons. The van der Waals surface area contributed by atoms with Crippen molar-refractivity contribution in [2.75, 3.05) is 27.2 Å². The van der Waals surface area contributed by atoms with E-state index in [1.807, 2.05) is 31.2 Å². The van der Waals surface area contributed by atoms with Crippen molar-refractivity contribution >= 4 is 35.8 Å². The van der Waals surface area contributed by atoms with Crippen LogP contribution in [-0.2, 0) is 6.54 Å². The number of ether oxygens (including phenoxy) is 1. The molecule has 1 heterocycles. The number of methoxy groups -OCH3 is 1. The zero-order chi connectivity index (χ0) is 18.8. The van der Waals surface area contributed by atoms with Crippen molar-refractivity contribution < 1.29 is 13.9 Å². The molecule has 2 rings (SSSR count). The van der Waals surface area contributed by atoms with Crippen molar-refractivity contribution in [2.24, 2.45) is 4.99 Å². The van der Waals surface area contributed by atoms with Crippen LogP contribution in [0.2, 0.25) is 0 Å². The second-order valence-corrected chi connectivity index (χ2v) is 5.75. The van der Waals surface area contributed by atoms with Gasteiger partial charge in [-0.1, -0.05) is 12.1 Å². The lowest BCUT2D eigenvalue weighted by Gasteiger charge is -2.12. The Labute approximate surface area is 177 Å². The number of aryl methyl sites for hydroxylation is 1. The molecule has 3 N–H and O–H groups in total. The van der Waals surface area contributed by atoms with Crippen molar-refractivity contribution in [3.05, 3.63) is 53.5 Å². The molecule has 0 aliphatic rings. The maximum absolute atomic E-state index is 11.9. The van der Waals surface area contributed by atoms with Gasteiger partial charge in [0.05, 0.1) is 13.4 Å². The Bertz CT molecular complexity index is 746. The number of nitrogens with one attached hydrogen (secondary N) is 3. The van der Waals surface area contributed by atoms with E-state index in [1.165, 1.54) is 6.26 Å². The van der Waals surface area contributed by atoms with Crippen molar-refractivity contribution in [2.45, 2.75) is 19.9 Å². The summed E-state index contributed by atoms with van der Waals surface area (Å²) in [5.41, 5.74) is 1.94. The summed E-state index contributed by atoms with van der Waals surface area (Å²) in [5.74, 6) is 1.72. The molecule has 2 aromatic rings. The number of carbonyl (C=O) groups excluding carboxylic acids is 1. The van der Waals surface area contributed by atoms with Crippen LogP contribution in [0.25, 0.3) is 0 Å². The van der Waals surface area contributed by atoms with Crippen LogP contribution in [0.5, 0.6) is 5.75 Å². The fourth-order valence-corrected chi connectivity index (χ4v) is 2.37. The topological polar surface area (TPSA) is 87.9 Å². The molecular weight excluding hydrogens is 459 g/mol. The summed E-state index contributed by atoms with van der Waals surface area (Å²) in [6.45, 7) is 3.73. The van der Waals surface area contributed by atoms with Crippen LogP contribution in [0.4, 0.5) is 0 Å². The lowest BCUT2D eigenvalue weighted by molar-refractivity contribution is 0.0925. The van der Waals surface area contributed by atoms with Crippen LogP contribution in [0, 0.1) is 6.92 Å². The molecule has 1 amide bonds. The van der Waals surface area contributed by atoms with Crippen molar-refractivity contribution in [1.29, 1.82) is 0 Å². The van der Waals surface area contributed by atoms with Gasteiger partial charge < -0.3 is 25.1 Å². The summed E-state index contributed by atoms with van der Waals surface area (Å²) in [7, 11) is 3.38. The van der Waals surface area contributed by atoms with E-state index < -0.39 is 0 Å². The number of rotatable bonds is 8. The molecule has 0 unspecified atom stereocenters. The molecule has 0 saturated carbocycles. The molecule has 0 saturated heterocycles. The van der Waals surface area contributed by atoms with E-state index in [9.17, 15) is 4.79 Å². The van der Waals surface area contributed by atoms with Gasteiger partial charge in [-0.2, -0.15) is 0 Å². The Hall–Kier alpha value is -2.23. The molecular formula is C19H27IN4O3. The predicted octanol–water partition coefficient (Wildman–Crippen LogP) is 2.70. The van der Waals surface area contributed by atoms with Gasteiger partial charge in [0.25, 0.3) is 5.91 Å². The van der Waals surface area contributed by atoms with Crippen LogP contribution in [-0.4, -0.2) is 39.1 Å². The number of benzene rings is 1. The summed E-state index contributed by atoms with van der Waals surface area (Å²) in [6.07, 6.45) is 2.29. The number of aliphatic imine (C=N–C) groups is 1. The van der Waals surface area contributed by atoms with Gasteiger partial charge in [0, 0.05) is 32.2 Å². The zero-order valence-electron chi connectivity index (χ0n) is 15.9. The summed E-state index contributed by atoms with van der Waals surface area (Å²) < 4.78 is 10.4. The van der Waals surface area contributed by atoms with Crippen LogP contribution in [0.1, 0.15) is 28.1 Å². The zero-order valence-corrected chi connectivity index (χ0v) is 18.2. The largest absolute Gasteiger partial charge is 0.497 e. The van der Waals surface area contributed by atoms with Gasteiger partial charge in [0.2, 0.25) is 0 Å². The molecule has 0 radical (unpaired) electrons. The molecule has 7 nitrogen and oxygen atoms in total. The monoisotopic (exact) mass is 486 g/mol. The van der Waals surface area contributed by atoms with E-state index in [2.05, 4.69) is 20.9 Å². The van der Waals surface area contributed by atoms with E-state index in [4.69, 9.17) is 9.15 Å². The molecule has 0 aliphatic carbocycles. The van der Waals surface area contributed by atoms with Gasteiger partial charge >= 0.3 is 0 Å². The predicted molar refractivity (Wildman–Crippen MR) is 117 cm³/mol. The number of amides is 1. The third-order valence-electron chi connectivity index (χ3n) is 3.82. The normalized spacial score (nSPS) is 10.7. The standard InChI is InChI=1S/C19H26N4O3.HI/c1-14-8-11-26-17(14)18(24)21-9-5-10-22-19(20-2)23-13-15-6-4-7-16(12-15)25-3;/h4,6-8,11-12H,5,9-10,13H2,1-3H3,(H,21,24)(H2,20,22,23);1H. The highest BCUT2D eigenvalue weighted by atomic mass is 127. The SMILES string of the molecule is CN=C(NCCCNC(=O)c1occc1C)NCc1cccc(OC)c1.I. The average Bonchev–Trinajstić information content (AvgIpc) is 3.10. The Morgan fingerprint density at radius 2 is 1.96 bits per heavy atom. The summed E-state index contributed by atoms with van der Waals surface area (Å²) in [4.78, 5) is 16.1. The minimum atomic E-state index is -0.187. The summed E-state index contributed by atoms with van der Waals surface area (Å²) in [6, 6.07) is 9.64. The lowest BCUT2D eigenvalue weighted by atomic mass is 10.2. The first-order valence-corrected chi connectivity index (χ1v) is 8.53. The van der Waals surface area contributed by atoms with Gasteiger partial charge in [-0.25, -0.2) is 0 Å². The summed E-state index contributed by atoms with van der Waals surface area (Å²) >= 11 is 0. The second kappa shape index (κ2) is 12.2. The number of halogens is 1. The molecule has 0 spiro atoms. The molecule has 0 atom stereocenters. The minimum absolute atomic E-state index is 0. The number of nitrogens with zero attached hydrogens (tertiary/aromatic N) is 1. The van der Waals surface area contributed by atoms with Crippen LogP contribution < -0.4 is 20.7 Å². The van der Waals surface area contributed by atoms with E-state index in [1.54, 1.807) is 20.2 Å². The highest BCUT2D eigenvalue weighted by molar-refractivity contribution is 14.0. The highest BCUT2D eigenvalue weighted by Gasteiger charge is 2.11. The van der Waals surface area contributed by atoms with Gasteiger partial charge in [-0.3, -0.25) is 9.79 Å². The van der Waals surface area contributed by atoms with Crippen molar-refractivity contribution in [1.82, 2.24) is 16.0 Å². The maximum Gasteiger partial charge on any atom is 0.287 e. The van der Waals surface area contributed by atoms with Crippen LogP contribution in [0.3, 0.4) is 0 Å². The highest BCUT2D eigenvalue weighted by Crippen LogP contribution is 2.12. The fourth-order valence-electron chi connectivity index (χ4n) is 2.37. The van der Waals surface area contributed by atoms with E-state index in [0.29, 0.717) is 31.4 Å². The minimum Gasteiger partial charge on any atom is -0.497 e. The first kappa shape index (κ1) is 22.8. The van der Waals surface area contributed by atoms with E-state index in [0.717, 1.165) is 23.3 Å². The van der Waals surface area contributed by atoms with Crippen LogP contribution >= 0.6 is 24.0 Å². The Kier molecular flexibility index (Phi) is 10.3. The van der Waals surface area contributed by atoms with Gasteiger partial charge in [0.15, 0.2) is 11.7 Å². The van der Waals surface area contributed by atoms with Crippen molar-refractivity contribution in [3.63, 3.8) is 0 Å². The average molecular weight is 486 g/mol. The molecule has 0 fully saturated rings. The first-order chi connectivity index (χ1) is 12.6. The Morgan fingerprint density at radius 1 is 1.19 bits per heavy atom. The molecule has 27 heavy (non-hydrogen) atoms. The summed E-state index contributed by atoms with van der Waals surface area (Å²) in [5, 5.41) is 9.31. The third-order valence-corrected chi connectivity index (χ3v) is 3.82. The molecule has 1 aromatic carbocycles. The van der Waals surface area contributed by atoms with Crippen LogP contribution in [0.15, 0.2) is 46.0 Å². The van der Waals surface area contributed by atoms with E-state index >= 15 is 0 Å². The fraction of sp³-hybridized carbons (Fsp3) is 0.368. The number of hydrogen-bond donors (Lipinski definition) is 3. The quantitative estimate of drug-likeness (QED) is 0.231. The Morgan fingerprint density at radius 3 is 2.63 bits per heavy atom. The number of guanidine groups is 1. The lowest BCUT2D eigenvalue weighted by Crippen LogP contribution is -2.38. The number of furan rings is 1. The molecule has 0 bridgehead atoms. The number of carbonyl (C=O) groups is 1. The van der Waals surface area contributed by atoms with Gasteiger partial charge in [-0.05, 0) is 37.1 Å². The molecule has 1 aromatic heterocycles. The van der Waals surface area contributed by atoms with Gasteiger partial charge in [0.1, 0.15) is 5.75 Å². The maximum atomic E-state index is 11.9. The smallest absolute Gasteiger partial charge is 0.287 e. The van der Waals surface area contributed by atoms with Crippen molar-refractivity contribution in [3.8, 4) is 5.75 Å². The van der Waals surface area contributed by atoms with E-state index in [-0.39, 0.29) is 29.9 Å². The molecule has 0 aliphatic heterocycles. The first-order valence-electron chi connectivity index (χ1n) is 8.53. The molecule has 8 heteroatoms. The third kappa shape index (κ3) is 7.49. The Balaban J connectivity index is 0.00000364. The number of hydrogen-bond acceptors (Lipinski definition) is 4.